The number of nitro groups is 1. The maximum Gasteiger partial charge on any atom is 0.269 e. The van der Waals surface area contributed by atoms with Crippen LogP contribution in [-0.4, -0.2) is 22.4 Å². The van der Waals surface area contributed by atoms with Crippen molar-refractivity contribution in [2.24, 2.45) is 0 Å². The molecule has 0 aliphatic rings. The van der Waals surface area contributed by atoms with Gasteiger partial charge in [0, 0.05) is 29.9 Å². The van der Waals surface area contributed by atoms with Crippen LogP contribution in [0.25, 0.3) is 0 Å². The Morgan fingerprint density at radius 1 is 1.10 bits per heavy atom. The number of aryl methyl sites for hydroxylation is 1. The molecule has 0 radical (unpaired) electrons. The van der Waals surface area contributed by atoms with E-state index in [0.717, 1.165) is 16.8 Å². The van der Waals surface area contributed by atoms with Gasteiger partial charge in [0.2, 0.25) is 0 Å². The normalized spacial score (nSPS) is 10.4. The highest BCUT2D eigenvalue weighted by Gasteiger charge is 2.08. The Labute approximate surface area is 168 Å². The Bertz CT molecular complexity index is 986. The third-order valence-corrected chi connectivity index (χ3v) is 4.33. The topological polar surface area (TPSA) is 94.4 Å². The van der Waals surface area contributed by atoms with Crippen molar-refractivity contribution in [1.29, 1.82) is 0 Å². The van der Waals surface area contributed by atoms with Crippen molar-refractivity contribution in [2.45, 2.75) is 20.0 Å². The number of pyridine rings is 1. The van der Waals surface area contributed by atoms with Gasteiger partial charge in [0.15, 0.2) is 0 Å². The van der Waals surface area contributed by atoms with E-state index in [1.165, 1.54) is 12.1 Å². The Kier molecular flexibility index (Phi) is 6.52. The van der Waals surface area contributed by atoms with E-state index in [1.807, 2.05) is 31.2 Å². The SMILES string of the molecule is Cc1ccc(OCc2cccc(C(=O)NCCc3ccc([N+](=O)[O-])cc3)c2)cn1. The lowest BCUT2D eigenvalue weighted by Gasteiger charge is -2.09. The quantitative estimate of drug-likeness (QED) is 0.465. The number of ether oxygens (including phenoxy) is 1. The zero-order valence-corrected chi connectivity index (χ0v) is 16.0. The number of hydrogen-bond acceptors (Lipinski definition) is 5. The molecule has 0 atom stereocenters. The first-order valence-electron chi connectivity index (χ1n) is 9.17. The van der Waals surface area contributed by atoms with Crippen molar-refractivity contribution < 1.29 is 14.5 Å². The first-order valence-corrected chi connectivity index (χ1v) is 9.17. The first-order chi connectivity index (χ1) is 14.0. The third-order valence-electron chi connectivity index (χ3n) is 4.33. The van der Waals surface area contributed by atoms with Gasteiger partial charge in [0.05, 0.1) is 11.1 Å². The molecule has 3 rings (SSSR count). The summed E-state index contributed by atoms with van der Waals surface area (Å²) in [5.74, 6) is 0.499. The minimum Gasteiger partial charge on any atom is -0.487 e. The zero-order valence-electron chi connectivity index (χ0n) is 16.0. The molecule has 0 unspecified atom stereocenters. The second kappa shape index (κ2) is 9.45. The fourth-order valence-corrected chi connectivity index (χ4v) is 2.72. The molecule has 0 aliphatic heterocycles. The fraction of sp³-hybridized carbons (Fsp3) is 0.182. The molecule has 0 saturated carbocycles. The maximum absolute atomic E-state index is 12.4. The fourth-order valence-electron chi connectivity index (χ4n) is 2.72. The van der Waals surface area contributed by atoms with Crippen LogP contribution in [0.4, 0.5) is 5.69 Å². The smallest absolute Gasteiger partial charge is 0.269 e. The van der Waals surface area contributed by atoms with Crippen LogP contribution in [-0.2, 0) is 13.0 Å². The highest BCUT2D eigenvalue weighted by molar-refractivity contribution is 5.94. The summed E-state index contributed by atoms with van der Waals surface area (Å²) in [6.45, 7) is 2.69. The van der Waals surface area contributed by atoms with E-state index in [9.17, 15) is 14.9 Å². The number of nitrogens with zero attached hydrogens (tertiary/aromatic N) is 2. The van der Waals surface area contributed by atoms with Crippen molar-refractivity contribution in [3.8, 4) is 5.75 Å². The van der Waals surface area contributed by atoms with E-state index in [4.69, 9.17) is 4.74 Å². The predicted molar refractivity (Wildman–Crippen MR) is 109 cm³/mol. The molecule has 7 heteroatoms. The summed E-state index contributed by atoms with van der Waals surface area (Å²) in [5, 5.41) is 13.5. The van der Waals surface area contributed by atoms with Crippen molar-refractivity contribution in [3.05, 3.63) is 99.4 Å². The lowest BCUT2D eigenvalue weighted by Crippen LogP contribution is -2.25. The number of amides is 1. The van der Waals surface area contributed by atoms with Crippen molar-refractivity contribution in [1.82, 2.24) is 10.3 Å². The van der Waals surface area contributed by atoms with Gasteiger partial charge in [-0.3, -0.25) is 19.9 Å². The third kappa shape index (κ3) is 5.87. The van der Waals surface area contributed by atoms with Gasteiger partial charge in [0.25, 0.3) is 11.6 Å². The molecule has 3 aromatic rings. The van der Waals surface area contributed by atoms with E-state index in [2.05, 4.69) is 10.3 Å². The van der Waals surface area contributed by atoms with Crippen LogP contribution in [0, 0.1) is 17.0 Å². The van der Waals surface area contributed by atoms with Crippen molar-refractivity contribution >= 4 is 11.6 Å². The van der Waals surface area contributed by atoms with Crippen LogP contribution in [0.3, 0.4) is 0 Å². The maximum atomic E-state index is 12.4. The predicted octanol–water partition coefficient (Wildman–Crippen LogP) is 3.85. The molecule has 0 fully saturated rings. The average Bonchev–Trinajstić information content (AvgIpc) is 2.74. The molecule has 0 aliphatic carbocycles. The number of hydrogen-bond donors (Lipinski definition) is 1. The number of nitro benzene ring substituents is 1. The number of aromatic nitrogens is 1. The number of carbonyl (C=O) groups excluding carboxylic acids is 1. The first kappa shape index (κ1) is 20.0. The molecule has 148 valence electrons. The Morgan fingerprint density at radius 2 is 1.90 bits per heavy atom. The van der Waals surface area contributed by atoms with Crippen LogP contribution in [0.5, 0.6) is 5.75 Å². The Balaban J connectivity index is 1.50. The Morgan fingerprint density at radius 3 is 2.59 bits per heavy atom. The molecule has 2 aromatic carbocycles. The van der Waals surface area contributed by atoms with Gasteiger partial charge < -0.3 is 10.1 Å². The molecule has 1 heterocycles. The lowest BCUT2D eigenvalue weighted by atomic mass is 10.1. The minimum atomic E-state index is -0.433. The van der Waals surface area contributed by atoms with Crippen molar-refractivity contribution in [2.75, 3.05) is 6.54 Å². The number of benzene rings is 2. The van der Waals surface area contributed by atoms with Gasteiger partial charge in [-0.1, -0.05) is 24.3 Å². The number of carbonyl (C=O) groups is 1. The summed E-state index contributed by atoms with van der Waals surface area (Å²) in [6, 6.07) is 17.3. The highest BCUT2D eigenvalue weighted by atomic mass is 16.6. The van der Waals surface area contributed by atoms with E-state index in [0.29, 0.717) is 30.9 Å². The Hall–Kier alpha value is -3.74. The second-order valence-electron chi connectivity index (χ2n) is 6.55. The summed E-state index contributed by atoms with van der Waals surface area (Å²) in [5.41, 5.74) is 3.33. The van der Waals surface area contributed by atoms with Crippen LogP contribution >= 0.6 is 0 Å². The highest BCUT2D eigenvalue weighted by Crippen LogP contribution is 2.14. The van der Waals surface area contributed by atoms with E-state index in [-0.39, 0.29) is 11.6 Å². The summed E-state index contributed by atoms with van der Waals surface area (Å²) in [6.07, 6.45) is 2.26. The van der Waals surface area contributed by atoms with Crippen LogP contribution < -0.4 is 10.1 Å². The van der Waals surface area contributed by atoms with Crippen LogP contribution in [0.2, 0.25) is 0 Å². The summed E-state index contributed by atoms with van der Waals surface area (Å²) in [4.78, 5) is 26.8. The molecule has 0 bridgehead atoms. The minimum absolute atomic E-state index is 0.0539. The molecule has 1 amide bonds. The second-order valence-corrected chi connectivity index (χ2v) is 6.55. The average molecular weight is 391 g/mol. The molecule has 1 aromatic heterocycles. The summed E-state index contributed by atoms with van der Waals surface area (Å²) in [7, 11) is 0. The van der Waals surface area contributed by atoms with Gasteiger partial charge in [-0.05, 0) is 48.7 Å². The molecule has 0 saturated heterocycles. The van der Waals surface area contributed by atoms with E-state index < -0.39 is 4.92 Å². The van der Waals surface area contributed by atoms with Gasteiger partial charge >= 0.3 is 0 Å². The van der Waals surface area contributed by atoms with Crippen LogP contribution in [0.1, 0.15) is 27.2 Å². The molecule has 7 nitrogen and oxygen atoms in total. The molecule has 29 heavy (non-hydrogen) atoms. The molecular weight excluding hydrogens is 370 g/mol. The number of non-ortho nitro benzene ring substituents is 1. The van der Waals surface area contributed by atoms with Crippen molar-refractivity contribution in [3.63, 3.8) is 0 Å². The zero-order chi connectivity index (χ0) is 20.6. The summed E-state index contributed by atoms with van der Waals surface area (Å²) < 4.78 is 5.71. The van der Waals surface area contributed by atoms with E-state index >= 15 is 0 Å². The van der Waals surface area contributed by atoms with Crippen LogP contribution in [0.15, 0.2) is 66.9 Å². The van der Waals surface area contributed by atoms with Gasteiger partial charge in [-0.25, -0.2) is 0 Å². The molecular formula is C22H21N3O4. The monoisotopic (exact) mass is 391 g/mol. The standard InChI is InChI=1S/C22H21N3O4/c1-16-5-10-21(14-24-16)29-15-18-3-2-4-19(13-18)22(26)23-12-11-17-6-8-20(9-7-17)25(27)28/h2-10,13-14H,11-12,15H2,1H3,(H,23,26). The van der Waals surface area contributed by atoms with E-state index in [1.54, 1.807) is 30.5 Å². The van der Waals surface area contributed by atoms with Gasteiger partial charge in [-0.2, -0.15) is 0 Å². The molecule has 0 spiro atoms. The molecule has 1 N–H and O–H groups in total. The lowest BCUT2D eigenvalue weighted by molar-refractivity contribution is -0.384. The van der Waals surface area contributed by atoms with Gasteiger partial charge in [0.1, 0.15) is 12.4 Å². The number of rotatable bonds is 8. The number of nitrogens with one attached hydrogen (secondary N) is 1. The summed E-state index contributed by atoms with van der Waals surface area (Å²) >= 11 is 0. The van der Waals surface area contributed by atoms with Gasteiger partial charge in [-0.15, -0.1) is 0 Å². The largest absolute Gasteiger partial charge is 0.487 e.